The third kappa shape index (κ3) is 5.43. The Kier molecular flexibility index (Phi) is 6.93. The van der Waals surface area contributed by atoms with Gasteiger partial charge in [-0.2, -0.15) is 18.3 Å². The Morgan fingerprint density at radius 2 is 1.74 bits per heavy atom. The average molecular weight is 606 g/mol. The van der Waals surface area contributed by atoms with Crippen LogP contribution in [0.25, 0.3) is 11.8 Å². The molecule has 43 heavy (non-hydrogen) atoms. The molecule has 0 radical (unpaired) electrons. The molecule has 0 bridgehead atoms. The fraction of sp³-hybridized carbons (Fsp3) is 0.355. The van der Waals surface area contributed by atoms with E-state index >= 15 is 0 Å². The standard InChI is InChI=1S/C31H26F7N3O2/c1-29-15-17-16-39-41(21-7-3-19(32)4-8-21)26(17)14-18(29)2-11-23-24(29)12-13-25(30(33,34)35)27(23)28(42)40-20-5-9-22(10-6-20)43-31(36,37)38/h3-10,12,14,16,23,25,27H,2,11,13,15H2,1H3,(H,40,42)/t23?,25-,27-,29+/m1/s1. The summed E-state index contributed by atoms with van der Waals surface area (Å²) in [5, 5.41) is 7.00. The van der Waals surface area contributed by atoms with Gasteiger partial charge in [-0.05, 0) is 91.8 Å². The normalized spacial score (nSPS) is 25.1. The second-order valence-corrected chi connectivity index (χ2v) is 11.4. The van der Waals surface area contributed by atoms with E-state index < -0.39 is 47.4 Å². The molecule has 0 saturated heterocycles. The van der Waals surface area contributed by atoms with E-state index in [0.717, 1.165) is 46.7 Å². The number of allylic oxidation sites excluding steroid dienone is 3. The number of ether oxygens (including phenoxy) is 1. The SMILES string of the molecule is C[C@]12Cc3cnn(-c4ccc(F)cc4)c3C=C1CCC1C2=CC[C@@H](C(F)(F)F)[C@@H]1C(=O)Nc1ccc(OC(F)(F)F)cc1. The quantitative estimate of drug-likeness (QED) is 0.242. The maximum absolute atomic E-state index is 14.3. The third-order valence-electron chi connectivity index (χ3n) is 8.82. The van der Waals surface area contributed by atoms with Gasteiger partial charge in [0.1, 0.15) is 11.6 Å². The van der Waals surface area contributed by atoms with Gasteiger partial charge in [-0.1, -0.05) is 24.1 Å². The summed E-state index contributed by atoms with van der Waals surface area (Å²) in [6, 6.07) is 10.2. The Hall–Kier alpha value is -4.09. The van der Waals surface area contributed by atoms with Crippen LogP contribution in [0.2, 0.25) is 0 Å². The van der Waals surface area contributed by atoms with Gasteiger partial charge in [0.15, 0.2) is 0 Å². The molecule has 226 valence electrons. The number of nitrogens with one attached hydrogen (secondary N) is 1. The molecule has 1 heterocycles. The van der Waals surface area contributed by atoms with E-state index in [1.165, 1.54) is 12.1 Å². The summed E-state index contributed by atoms with van der Waals surface area (Å²) in [7, 11) is 0. The summed E-state index contributed by atoms with van der Waals surface area (Å²) in [4.78, 5) is 13.5. The number of carbonyl (C=O) groups is 1. The number of rotatable bonds is 4. The fourth-order valence-electron chi connectivity index (χ4n) is 6.90. The first-order valence-electron chi connectivity index (χ1n) is 13.7. The minimum Gasteiger partial charge on any atom is -0.406 e. The zero-order chi connectivity index (χ0) is 30.7. The van der Waals surface area contributed by atoms with Gasteiger partial charge in [0, 0.05) is 11.1 Å². The third-order valence-corrected chi connectivity index (χ3v) is 8.82. The summed E-state index contributed by atoms with van der Waals surface area (Å²) >= 11 is 0. The summed E-state index contributed by atoms with van der Waals surface area (Å²) in [6.07, 6.45) is -3.31. The number of nitrogens with zero attached hydrogens (tertiary/aromatic N) is 2. The van der Waals surface area contributed by atoms with Gasteiger partial charge in [0.05, 0.1) is 29.4 Å². The Morgan fingerprint density at radius 3 is 2.40 bits per heavy atom. The summed E-state index contributed by atoms with van der Waals surface area (Å²) < 4.78 is 99.4. The Labute approximate surface area is 242 Å². The number of hydrogen-bond acceptors (Lipinski definition) is 3. The topological polar surface area (TPSA) is 56.2 Å². The molecule has 12 heteroatoms. The number of alkyl halides is 6. The van der Waals surface area contributed by atoms with Crippen LogP contribution in [0.5, 0.6) is 5.75 Å². The van der Waals surface area contributed by atoms with Crippen molar-refractivity contribution in [2.24, 2.45) is 23.2 Å². The van der Waals surface area contributed by atoms with Crippen molar-refractivity contribution in [3.63, 3.8) is 0 Å². The Balaban J connectivity index is 1.29. The summed E-state index contributed by atoms with van der Waals surface area (Å²) in [5.74, 6) is -5.75. The van der Waals surface area contributed by atoms with Gasteiger partial charge >= 0.3 is 12.5 Å². The Bertz CT molecular complexity index is 1600. The van der Waals surface area contributed by atoms with E-state index in [-0.39, 0.29) is 17.9 Å². The smallest absolute Gasteiger partial charge is 0.406 e. The van der Waals surface area contributed by atoms with Crippen molar-refractivity contribution in [3.8, 4) is 11.4 Å². The second-order valence-electron chi connectivity index (χ2n) is 11.4. The summed E-state index contributed by atoms with van der Waals surface area (Å²) in [5.41, 5.74) is 3.63. The summed E-state index contributed by atoms with van der Waals surface area (Å²) in [6.45, 7) is 1.98. The molecule has 3 aliphatic carbocycles. The molecule has 2 aromatic carbocycles. The molecule has 3 aliphatic rings. The minimum atomic E-state index is -4.90. The highest BCUT2D eigenvalue weighted by atomic mass is 19.4. The van der Waals surface area contributed by atoms with E-state index in [1.807, 2.05) is 13.0 Å². The minimum absolute atomic E-state index is 0.0645. The lowest BCUT2D eigenvalue weighted by atomic mass is 9.54. The van der Waals surface area contributed by atoms with Gasteiger partial charge in [-0.25, -0.2) is 9.07 Å². The van der Waals surface area contributed by atoms with Crippen molar-refractivity contribution < 1.29 is 40.3 Å². The van der Waals surface area contributed by atoms with E-state index in [9.17, 15) is 35.5 Å². The van der Waals surface area contributed by atoms with Crippen molar-refractivity contribution in [3.05, 3.63) is 89.0 Å². The highest BCUT2D eigenvalue weighted by Gasteiger charge is 2.56. The van der Waals surface area contributed by atoms with Crippen molar-refractivity contribution in [2.45, 2.75) is 45.1 Å². The number of fused-ring (bicyclic) bond motifs is 4. The predicted molar refractivity (Wildman–Crippen MR) is 144 cm³/mol. The fourth-order valence-corrected chi connectivity index (χ4v) is 6.90. The molecular weight excluding hydrogens is 579 g/mol. The molecule has 6 rings (SSSR count). The van der Waals surface area contributed by atoms with Gasteiger partial charge < -0.3 is 10.1 Å². The van der Waals surface area contributed by atoms with Gasteiger partial charge in [-0.15, -0.1) is 13.2 Å². The Morgan fingerprint density at radius 1 is 1.05 bits per heavy atom. The van der Waals surface area contributed by atoms with Crippen molar-refractivity contribution in [2.75, 3.05) is 5.32 Å². The molecule has 1 unspecified atom stereocenters. The maximum Gasteiger partial charge on any atom is 0.573 e. The highest BCUT2D eigenvalue weighted by molar-refractivity contribution is 5.93. The number of aromatic nitrogens is 2. The van der Waals surface area contributed by atoms with Gasteiger partial charge in [-0.3, -0.25) is 4.79 Å². The van der Waals surface area contributed by atoms with Gasteiger partial charge in [0.25, 0.3) is 0 Å². The van der Waals surface area contributed by atoms with Crippen LogP contribution in [-0.2, 0) is 11.2 Å². The maximum atomic E-state index is 14.3. The zero-order valence-electron chi connectivity index (χ0n) is 22.8. The van der Waals surface area contributed by atoms with Crippen LogP contribution >= 0.6 is 0 Å². The number of amides is 1. The number of hydrogen-bond donors (Lipinski definition) is 1. The first-order valence-corrected chi connectivity index (χ1v) is 13.7. The van der Waals surface area contributed by atoms with Crippen molar-refractivity contribution in [1.82, 2.24) is 9.78 Å². The lowest BCUT2D eigenvalue weighted by molar-refractivity contribution is -0.274. The lowest BCUT2D eigenvalue weighted by Crippen LogP contribution is -2.49. The number of anilines is 1. The largest absolute Gasteiger partial charge is 0.573 e. The highest BCUT2D eigenvalue weighted by Crippen LogP contribution is 2.59. The molecule has 1 saturated carbocycles. The van der Waals surface area contributed by atoms with Crippen molar-refractivity contribution in [1.29, 1.82) is 0 Å². The van der Waals surface area contributed by atoms with Crippen LogP contribution < -0.4 is 10.1 Å². The molecular formula is C31H26F7N3O2. The molecule has 1 fully saturated rings. The van der Waals surface area contributed by atoms with E-state index in [4.69, 9.17) is 0 Å². The van der Waals surface area contributed by atoms with Gasteiger partial charge in [0.2, 0.25) is 5.91 Å². The number of halogens is 7. The monoisotopic (exact) mass is 605 g/mol. The lowest BCUT2D eigenvalue weighted by Gasteiger charge is -2.50. The van der Waals surface area contributed by atoms with Crippen LogP contribution in [-0.4, -0.2) is 28.2 Å². The predicted octanol–water partition coefficient (Wildman–Crippen LogP) is 8.03. The number of carbonyl (C=O) groups excluding carboxylic acids is 1. The van der Waals surface area contributed by atoms with Crippen LogP contribution in [0.3, 0.4) is 0 Å². The van der Waals surface area contributed by atoms with Crippen molar-refractivity contribution >= 4 is 17.7 Å². The van der Waals surface area contributed by atoms with Crippen LogP contribution in [0.4, 0.5) is 36.4 Å². The first kappa shape index (κ1) is 29.0. The average Bonchev–Trinajstić information content (AvgIpc) is 3.33. The molecule has 1 amide bonds. The molecule has 0 aliphatic heterocycles. The van der Waals surface area contributed by atoms with Crippen LogP contribution in [0.15, 0.2) is 72.0 Å². The van der Waals surface area contributed by atoms with E-state index in [2.05, 4.69) is 15.2 Å². The van der Waals surface area contributed by atoms with E-state index in [1.54, 1.807) is 29.1 Å². The van der Waals surface area contributed by atoms with Crippen LogP contribution in [0, 0.1) is 29.0 Å². The molecule has 5 nitrogen and oxygen atoms in total. The van der Waals surface area contributed by atoms with E-state index in [0.29, 0.717) is 24.9 Å². The molecule has 3 aromatic rings. The molecule has 4 atom stereocenters. The van der Waals surface area contributed by atoms with Crippen LogP contribution in [0.1, 0.15) is 37.4 Å². The molecule has 1 N–H and O–H groups in total. The zero-order valence-corrected chi connectivity index (χ0v) is 22.8. The first-order chi connectivity index (χ1) is 20.2. The molecule has 0 spiro atoms. The number of benzene rings is 2. The second kappa shape index (κ2) is 10.3. The molecule has 1 aromatic heterocycles.